The highest BCUT2D eigenvalue weighted by Crippen LogP contribution is 2.21. The van der Waals surface area contributed by atoms with Gasteiger partial charge in [0, 0.05) is 23.7 Å². The van der Waals surface area contributed by atoms with Gasteiger partial charge in [-0.1, -0.05) is 31.1 Å². The van der Waals surface area contributed by atoms with Crippen molar-refractivity contribution < 1.29 is 9.45 Å². The quantitative estimate of drug-likeness (QED) is 0.655. The van der Waals surface area contributed by atoms with Crippen LogP contribution in [0.25, 0.3) is 11.4 Å². The van der Waals surface area contributed by atoms with Crippen LogP contribution < -0.4 is 5.32 Å². The van der Waals surface area contributed by atoms with Crippen LogP contribution in [-0.4, -0.2) is 21.1 Å². The zero-order valence-electron chi connectivity index (χ0n) is 10.7. The number of rotatable bonds is 5. The van der Waals surface area contributed by atoms with E-state index in [1.165, 1.54) is 12.1 Å². The number of hydrogen-bond acceptors (Lipinski definition) is 6. The van der Waals surface area contributed by atoms with E-state index in [9.17, 15) is 10.1 Å². The molecule has 0 aliphatic carbocycles. The molecule has 0 fully saturated rings. The molecular weight excluding hydrogens is 248 g/mol. The Labute approximate surface area is 109 Å². The molecule has 0 aliphatic rings. The summed E-state index contributed by atoms with van der Waals surface area (Å²) in [6.45, 7) is 4.50. The van der Waals surface area contributed by atoms with E-state index in [0.717, 1.165) is 0 Å². The predicted molar refractivity (Wildman–Crippen MR) is 68.4 cm³/mol. The fourth-order valence-electron chi connectivity index (χ4n) is 1.49. The standard InChI is InChI=1S/C12H14N4O3/c1-8(2)13-7-11-14-12(15-19-11)9-4-3-5-10(6-9)16(17)18/h3-6,8,13H,7H2,1-2H3. The van der Waals surface area contributed by atoms with Crippen molar-refractivity contribution in [3.05, 3.63) is 40.3 Å². The molecule has 0 unspecified atom stereocenters. The lowest BCUT2D eigenvalue weighted by molar-refractivity contribution is -0.384. The van der Waals surface area contributed by atoms with Gasteiger partial charge in [-0.2, -0.15) is 4.98 Å². The molecule has 7 heteroatoms. The van der Waals surface area contributed by atoms with Gasteiger partial charge in [-0.3, -0.25) is 10.1 Å². The first kappa shape index (κ1) is 13.2. The van der Waals surface area contributed by atoms with Crippen molar-refractivity contribution in [1.29, 1.82) is 0 Å². The molecule has 0 spiro atoms. The number of hydrogen-bond donors (Lipinski definition) is 1. The van der Waals surface area contributed by atoms with Gasteiger partial charge in [0.15, 0.2) is 0 Å². The lowest BCUT2D eigenvalue weighted by Gasteiger charge is -2.02. The molecule has 0 saturated carbocycles. The summed E-state index contributed by atoms with van der Waals surface area (Å²) in [5, 5.41) is 17.7. The highest BCUT2D eigenvalue weighted by Gasteiger charge is 2.12. The number of nitro benzene ring substituents is 1. The number of nitrogens with zero attached hydrogens (tertiary/aromatic N) is 3. The van der Waals surface area contributed by atoms with Crippen LogP contribution in [0.5, 0.6) is 0 Å². The third kappa shape index (κ3) is 3.35. The van der Waals surface area contributed by atoms with Crippen molar-refractivity contribution >= 4 is 5.69 Å². The summed E-state index contributed by atoms with van der Waals surface area (Å²) in [6, 6.07) is 6.45. The number of nitrogens with one attached hydrogen (secondary N) is 1. The molecule has 0 radical (unpaired) electrons. The Balaban J connectivity index is 2.18. The molecule has 1 aromatic heterocycles. The highest BCUT2D eigenvalue weighted by molar-refractivity contribution is 5.58. The maximum absolute atomic E-state index is 10.7. The smallest absolute Gasteiger partial charge is 0.270 e. The van der Waals surface area contributed by atoms with Crippen LogP contribution in [0, 0.1) is 10.1 Å². The number of non-ortho nitro benzene ring substituents is 1. The summed E-state index contributed by atoms with van der Waals surface area (Å²) in [5.41, 5.74) is 0.568. The molecule has 0 atom stereocenters. The second-order valence-corrected chi connectivity index (χ2v) is 4.35. The van der Waals surface area contributed by atoms with E-state index in [4.69, 9.17) is 4.52 Å². The molecule has 2 rings (SSSR count). The summed E-state index contributed by atoms with van der Waals surface area (Å²) in [5.74, 6) is 0.805. The van der Waals surface area contributed by atoms with Crippen LogP contribution in [-0.2, 0) is 6.54 Å². The molecule has 1 heterocycles. The van der Waals surface area contributed by atoms with Crippen molar-refractivity contribution in [2.24, 2.45) is 0 Å². The minimum absolute atomic E-state index is 0.00385. The molecule has 0 saturated heterocycles. The average Bonchev–Trinajstić information content (AvgIpc) is 2.85. The van der Waals surface area contributed by atoms with Gasteiger partial charge in [0.05, 0.1) is 11.5 Å². The summed E-state index contributed by atoms with van der Waals surface area (Å²) in [7, 11) is 0. The van der Waals surface area contributed by atoms with Crippen molar-refractivity contribution in [2.45, 2.75) is 26.4 Å². The number of nitro groups is 1. The van der Waals surface area contributed by atoms with E-state index in [2.05, 4.69) is 15.5 Å². The van der Waals surface area contributed by atoms with Gasteiger partial charge in [-0.05, 0) is 0 Å². The largest absolute Gasteiger partial charge is 0.338 e. The third-order valence-corrected chi connectivity index (χ3v) is 2.44. The van der Waals surface area contributed by atoms with Gasteiger partial charge in [-0.25, -0.2) is 0 Å². The third-order valence-electron chi connectivity index (χ3n) is 2.44. The van der Waals surface area contributed by atoms with E-state index >= 15 is 0 Å². The topological polar surface area (TPSA) is 94.1 Å². The van der Waals surface area contributed by atoms with E-state index in [1.54, 1.807) is 12.1 Å². The summed E-state index contributed by atoms with van der Waals surface area (Å²) < 4.78 is 5.08. The Kier molecular flexibility index (Phi) is 3.86. The van der Waals surface area contributed by atoms with Gasteiger partial charge in [-0.15, -0.1) is 0 Å². The van der Waals surface area contributed by atoms with E-state index in [1.807, 2.05) is 13.8 Å². The number of benzene rings is 1. The van der Waals surface area contributed by atoms with Gasteiger partial charge in [0.2, 0.25) is 11.7 Å². The van der Waals surface area contributed by atoms with Gasteiger partial charge in [0.1, 0.15) is 0 Å². The van der Waals surface area contributed by atoms with Crippen LogP contribution in [0.1, 0.15) is 19.7 Å². The first-order valence-electron chi connectivity index (χ1n) is 5.87. The zero-order chi connectivity index (χ0) is 13.8. The Bertz CT molecular complexity index is 580. The Morgan fingerprint density at radius 2 is 2.26 bits per heavy atom. The van der Waals surface area contributed by atoms with Crippen LogP contribution >= 0.6 is 0 Å². The van der Waals surface area contributed by atoms with Crippen molar-refractivity contribution in [3.63, 3.8) is 0 Å². The van der Waals surface area contributed by atoms with Crippen molar-refractivity contribution in [2.75, 3.05) is 0 Å². The summed E-state index contributed by atoms with van der Waals surface area (Å²) in [4.78, 5) is 14.4. The monoisotopic (exact) mass is 262 g/mol. The molecule has 0 amide bonds. The van der Waals surface area contributed by atoms with E-state index in [-0.39, 0.29) is 5.69 Å². The minimum Gasteiger partial charge on any atom is -0.338 e. The Morgan fingerprint density at radius 3 is 2.95 bits per heavy atom. The fraction of sp³-hybridized carbons (Fsp3) is 0.333. The maximum Gasteiger partial charge on any atom is 0.270 e. The van der Waals surface area contributed by atoms with Crippen LogP contribution in [0.4, 0.5) is 5.69 Å². The van der Waals surface area contributed by atoms with Gasteiger partial charge < -0.3 is 9.84 Å². The van der Waals surface area contributed by atoms with Gasteiger partial charge in [0.25, 0.3) is 5.69 Å². The normalized spacial score (nSPS) is 10.9. The molecule has 1 N–H and O–H groups in total. The zero-order valence-corrected chi connectivity index (χ0v) is 10.7. The molecular formula is C12H14N4O3. The second kappa shape index (κ2) is 5.57. The lowest BCUT2D eigenvalue weighted by Crippen LogP contribution is -2.21. The van der Waals surface area contributed by atoms with Crippen molar-refractivity contribution in [3.8, 4) is 11.4 Å². The van der Waals surface area contributed by atoms with Crippen LogP contribution in [0.15, 0.2) is 28.8 Å². The Morgan fingerprint density at radius 1 is 1.47 bits per heavy atom. The predicted octanol–water partition coefficient (Wildman–Crippen LogP) is 2.14. The summed E-state index contributed by atoms with van der Waals surface area (Å²) in [6.07, 6.45) is 0. The minimum atomic E-state index is -0.454. The van der Waals surface area contributed by atoms with E-state index < -0.39 is 4.92 Å². The first-order valence-corrected chi connectivity index (χ1v) is 5.87. The molecule has 2 aromatic rings. The van der Waals surface area contributed by atoms with E-state index in [0.29, 0.717) is 29.9 Å². The molecule has 1 aromatic carbocycles. The fourth-order valence-corrected chi connectivity index (χ4v) is 1.49. The second-order valence-electron chi connectivity index (χ2n) is 4.35. The molecule has 0 bridgehead atoms. The van der Waals surface area contributed by atoms with Crippen LogP contribution in [0.2, 0.25) is 0 Å². The Hall–Kier alpha value is -2.28. The molecule has 7 nitrogen and oxygen atoms in total. The van der Waals surface area contributed by atoms with Gasteiger partial charge >= 0.3 is 0 Å². The van der Waals surface area contributed by atoms with Crippen molar-refractivity contribution in [1.82, 2.24) is 15.5 Å². The van der Waals surface area contributed by atoms with Crippen LogP contribution in [0.3, 0.4) is 0 Å². The first-order chi connectivity index (χ1) is 9.06. The maximum atomic E-state index is 10.7. The number of aromatic nitrogens is 2. The average molecular weight is 262 g/mol. The summed E-state index contributed by atoms with van der Waals surface area (Å²) >= 11 is 0. The molecule has 100 valence electrons. The highest BCUT2D eigenvalue weighted by atomic mass is 16.6. The molecule has 19 heavy (non-hydrogen) atoms. The molecule has 0 aliphatic heterocycles. The lowest BCUT2D eigenvalue weighted by atomic mass is 10.2. The SMILES string of the molecule is CC(C)NCc1nc(-c2cccc([N+](=O)[O-])c2)no1.